The standard InChI is InChI=1S/C20H22N4O6S/c1-11(25)22-17-5-13-14(8-24(2)15(13)7-21-17)19-20-16(6-18(23-19)31(4,26)27)30-12(9-28-3)10-29-20/h5-8,12H,9-10H2,1-4H3,(H,21,22,25). The molecule has 0 radical (unpaired) electrons. The molecule has 1 aliphatic heterocycles. The van der Waals surface area contributed by atoms with Gasteiger partial charge in [-0.2, -0.15) is 0 Å². The molecule has 0 saturated heterocycles. The van der Waals surface area contributed by atoms with E-state index in [-0.39, 0.29) is 29.4 Å². The number of fused-ring (bicyclic) bond motifs is 2. The van der Waals surface area contributed by atoms with Gasteiger partial charge in [0.25, 0.3) is 0 Å². The number of rotatable bonds is 5. The molecule has 4 heterocycles. The second kappa shape index (κ2) is 7.82. The van der Waals surface area contributed by atoms with Crippen molar-refractivity contribution in [2.24, 2.45) is 7.05 Å². The van der Waals surface area contributed by atoms with Crippen molar-refractivity contribution in [2.45, 2.75) is 18.1 Å². The number of amides is 1. The predicted molar refractivity (Wildman–Crippen MR) is 113 cm³/mol. The summed E-state index contributed by atoms with van der Waals surface area (Å²) in [6.07, 6.45) is 4.15. The van der Waals surface area contributed by atoms with Crippen LogP contribution in [0.5, 0.6) is 11.5 Å². The lowest BCUT2D eigenvalue weighted by Gasteiger charge is -2.27. The fourth-order valence-electron chi connectivity index (χ4n) is 3.46. The summed E-state index contributed by atoms with van der Waals surface area (Å²) < 4.78 is 43.5. The Kier molecular flexibility index (Phi) is 5.31. The van der Waals surface area contributed by atoms with Crippen molar-refractivity contribution >= 4 is 32.5 Å². The van der Waals surface area contributed by atoms with Crippen molar-refractivity contribution in [3.63, 3.8) is 0 Å². The minimum atomic E-state index is -3.62. The maximum Gasteiger partial charge on any atom is 0.222 e. The third kappa shape index (κ3) is 4.06. The highest BCUT2D eigenvalue weighted by atomic mass is 32.2. The smallest absolute Gasteiger partial charge is 0.222 e. The van der Waals surface area contributed by atoms with Crippen LogP contribution in [-0.2, 0) is 26.4 Å². The fourth-order valence-corrected chi connectivity index (χ4v) is 4.04. The molecular weight excluding hydrogens is 424 g/mol. The van der Waals surface area contributed by atoms with Crippen LogP contribution in [0.1, 0.15) is 6.92 Å². The number of hydrogen-bond donors (Lipinski definition) is 1. The number of methoxy groups -OCH3 is 1. The Balaban J connectivity index is 1.94. The molecule has 1 unspecified atom stereocenters. The quantitative estimate of drug-likeness (QED) is 0.629. The molecule has 164 valence electrons. The third-order valence-corrected chi connectivity index (χ3v) is 5.76. The highest BCUT2D eigenvalue weighted by Gasteiger charge is 2.29. The van der Waals surface area contributed by atoms with Crippen LogP contribution in [0.25, 0.3) is 22.2 Å². The Morgan fingerprint density at radius 2 is 2.16 bits per heavy atom. The Labute approximate surface area is 179 Å². The van der Waals surface area contributed by atoms with E-state index in [2.05, 4.69) is 15.3 Å². The van der Waals surface area contributed by atoms with Crippen molar-refractivity contribution in [2.75, 3.05) is 31.9 Å². The summed E-state index contributed by atoms with van der Waals surface area (Å²) in [4.78, 5) is 20.1. The molecule has 0 aromatic carbocycles. The zero-order chi connectivity index (χ0) is 22.3. The molecule has 10 nitrogen and oxygen atoms in total. The number of carbonyl (C=O) groups excluding carboxylic acids is 1. The van der Waals surface area contributed by atoms with E-state index in [1.165, 1.54) is 13.0 Å². The summed E-state index contributed by atoms with van der Waals surface area (Å²) in [5, 5.41) is 3.25. The van der Waals surface area contributed by atoms with Gasteiger partial charge in [0.05, 0.1) is 18.3 Å². The van der Waals surface area contributed by atoms with Gasteiger partial charge < -0.3 is 24.1 Å². The average molecular weight is 446 g/mol. The summed E-state index contributed by atoms with van der Waals surface area (Å²) in [5.41, 5.74) is 1.74. The number of aromatic nitrogens is 3. The normalized spacial score (nSPS) is 15.8. The number of aryl methyl sites for hydroxylation is 1. The van der Waals surface area contributed by atoms with Crippen LogP contribution in [0.15, 0.2) is 29.6 Å². The van der Waals surface area contributed by atoms with Crippen molar-refractivity contribution in [1.29, 1.82) is 0 Å². The van der Waals surface area contributed by atoms with Crippen LogP contribution in [0.3, 0.4) is 0 Å². The van der Waals surface area contributed by atoms with Crippen LogP contribution in [0, 0.1) is 0 Å². The molecule has 0 fully saturated rings. The highest BCUT2D eigenvalue weighted by Crippen LogP contribution is 2.43. The van der Waals surface area contributed by atoms with Gasteiger partial charge in [-0.15, -0.1) is 0 Å². The Bertz CT molecular complexity index is 1280. The van der Waals surface area contributed by atoms with Gasteiger partial charge in [0.15, 0.2) is 32.5 Å². The number of hydrogen-bond acceptors (Lipinski definition) is 8. The van der Waals surface area contributed by atoms with E-state index in [4.69, 9.17) is 14.2 Å². The molecule has 3 aromatic rings. The molecule has 31 heavy (non-hydrogen) atoms. The predicted octanol–water partition coefficient (Wildman–Crippen LogP) is 1.78. The van der Waals surface area contributed by atoms with Gasteiger partial charge in [-0.05, 0) is 6.07 Å². The van der Waals surface area contributed by atoms with Crippen molar-refractivity contribution < 1.29 is 27.4 Å². The molecule has 3 aromatic heterocycles. The summed E-state index contributed by atoms with van der Waals surface area (Å²) >= 11 is 0. The van der Waals surface area contributed by atoms with E-state index in [0.29, 0.717) is 29.4 Å². The van der Waals surface area contributed by atoms with Gasteiger partial charge in [0, 0.05) is 50.5 Å². The fraction of sp³-hybridized carbons (Fsp3) is 0.350. The summed E-state index contributed by atoms with van der Waals surface area (Å²) in [5.74, 6) is 0.759. The lowest BCUT2D eigenvalue weighted by Crippen LogP contribution is -2.33. The van der Waals surface area contributed by atoms with Gasteiger partial charge in [-0.25, -0.2) is 18.4 Å². The van der Waals surface area contributed by atoms with E-state index >= 15 is 0 Å². The monoisotopic (exact) mass is 446 g/mol. The SMILES string of the molecule is COCC1COc2c(cc(S(C)(=O)=O)nc2-c2cn(C)c3cnc(NC(C)=O)cc23)O1. The molecule has 1 aliphatic rings. The maximum atomic E-state index is 12.3. The summed E-state index contributed by atoms with van der Waals surface area (Å²) in [6.45, 7) is 1.93. The lowest BCUT2D eigenvalue weighted by atomic mass is 10.1. The van der Waals surface area contributed by atoms with Gasteiger partial charge in [-0.3, -0.25) is 4.79 Å². The van der Waals surface area contributed by atoms with Crippen LogP contribution in [-0.4, -0.2) is 61.5 Å². The van der Waals surface area contributed by atoms with Crippen molar-refractivity contribution in [3.05, 3.63) is 24.5 Å². The molecule has 0 saturated carbocycles. The van der Waals surface area contributed by atoms with E-state index < -0.39 is 9.84 Å². The van der Waals surface area contributed by atoms with Crippen LogP contribution in [0.4, 0.5) is 5.82 Å². The van der Waals surface area contributed by atoms with E-state index in [1.54, 1.807) is 19.4 Å². The number of carbonyl (C=O) groups is 1. The van der Waals surface area contributed by atoms with Crippen LogP contribution < -0.4 is 14.8 Å². The molecule has 1 atom stereocenters. The zero-order valence-corrected chi connectivity index (χ0v) is 18.3. The number of pyridine rings is 2. The number of nitrogens with zero attached hydrogens (tertiary/aromatic N) is 3. The van der Waals surface area contributed by atoms with E-state index in [1.807, 2.05) is 17.8 Å². The first-order valence-electron chi connectivity index (χ1n) is 9.44. The Morgan fingerprint density at radius 3 is 2.84 bits per heavy atom. The van der Waals surface area contributed by atoms with Crippen LogP contribution >= 0.6 is 0 Å². The summed E-state index contributed by atoms with van der Waals surface area (Å²) in [7, 11) is -0.232. The Morgan fingerprint density at radius 1 is 1.39 bits per heavy atom. The maximum absolute atomic E-state index is 12.3. The van der Waals surface area contributed by atoms with Gasteiger partial charge in [0.2, 0.25) is 5.91 Å². The molecule has 0 spiro atoms. The minimum Gasteiger partial charge on any atom is -0.484 e. The molecule has 4 rings (SSSR count). The number of sulfone groups is 1. The topological polar surface area (TPSA) is 122 Å². The second-order valence-corrected chi connectivity index (χ2v) is 9.30. The largest absolute Gasteiger partial charge is 0.484 e. The van der Waals surface area contributed by atoms with Gasteiger partial charge in [-0.1, -0.05) is 0 Å². The third-order valence-electron chi connectivity index (χ3n) is 4.79. The number of anilines is 1. The number of ether oxygens (including phenoxy) is 3. The van der Waals surface area contributed by atoms with Crippen molar-refractivity contribution in [3.8, 4) is 22.8 Å². The minimum absolute atomic E-state index is 0.129. The first kappa shape index (κ1) is 21.1. The van der Waals surface area contributed by atoms with Crippen molar-refractivity contribution in [1.82, 2.24) is 14.5 Å². The van der Waals surface area contributed by atoms with E-state index in [0.717, 1.165) is 17.2 Å². The zero-order valence-electron chi connectivity index (χ0n) is 17.5. The molecule has 0 aliphatic carbocycles. The first-order chi connectivity index (χ1) is 14.7. The van der Waals surface area contributed by atoms with Crippen LogP contribution in [0.2, 0.25) is 0 Å². The van der Waals surface area contributed by atoms with E-state index in [9.17, 15) is 13.2 Å². The molecule has 0 bridgehead atoms. The molecule has 11 heteroatoms. The van der Waals surface area contributed by atoms with Gasteiger partial charge in [0.1, 0.15) is 18.1 Å². The van der Waals surface area contributed by atoms with Gasteiger partial charge >= 0.3 is 0 Å². The molecule has 1 amide bonds. The highest BCUT2D eigenvalue weighted by molar-refractivity contribution is 7.90. The second-order valence-electron chi connectivity index (χ2n) is 7.34. The molecular formula is C20H22N4O6S. The lowest BCUT2D eigenvalue weighted by molar-refractivity contribution is -0.114. The molecule has 1 N–H and O–H groups in total. The summed E-state index contributed by atoms with van der Waals surface area (Å²) in [6, 6.07) is 3.08. The first-order valence-corrected chi connectivity index (χ1v) is 11.3. The average Bonchev–Trinajstić information content (AvgIpc) is 3.02. The Hall–Kier alpha value is -3.18. The number of nitrogens with one attached hydrogen (secondary N) is 1.